The van der Waals surface area contributed by atoms with E-state index in [0.717, 1.165) is 27.6 Å². The lowest BCUT2D eigenvalue weighted by Crippen LogP contribution is -2.37. The molecule has 4 aromatic rings. The standard InChI is InChI=1S/C24H21BrN4O4S2/c1-15-6-8-16(9-7-15)12-26-21(31)14-35-24-27-18-10-11-34-22(18)23(32)29(24)28-20(30)13-33-19-5-3-2-4-17(19)25/h2-11H,12-14H2,1H3,(H,26,31)(H,28,30). The van der Waals surface area contributed by atoms with E-state index in [9.17, 15) is 14.4 Å². The van der Waals surface area contributed by atoms with E-state index in [-0.39, 0.29) is 23.4 Å². The van der Waals surface area contributed by atoms with Gasteiger partial charge in [0.15, 0.2) is 11.8 Å². The van der Waals surface area contributed by atoms with Crippen molar-refractivity contribution in [3.63, 3.8) is 0 Å². The van der Waals surface area contributed by atoms with Crippen molar-refractivity contribution in [1.82, 2.24) is 15.0 Å². The number of benzene rings is 2. The number of thioether (sulfide) groups is 1. The number of carbonyl (C=O) groups excluding carboxylic acids is 2. The van der Waals surface area contributed by atoms with Crippen molar-refractivity contribution in [2.75, 3.05) is 17.8 Å². The van der Waals surface area contributed by atoms with E-state index in [4.69, 9.17) is 4.74 Å². The Morgan fingerprint density at radius 1 is 1.11 bits per heavy atom. The highest BCUT2D eigenvalue weighted by Crippen LogP contribution is 2.24. The maximum absolute atomic E-state index is 13.0. The number of carbonyl (C=O) groups is 2. The van der Waals surface area contributed by atoms with E-state index in [1.165, 1.54) is 11.3 Å². The molecule has 2 aromatic carbocycles. The van der Waals surface area contributed by atoms with Crippen LogP contribution in [0.5, 0.6) is 5.75 Å². The van der Waals surface area contributed by atoms with Crippen LogP contribution in [-0.2, 0) is 16.1 Å². The molecule has 2 amide bonds. The molecule has 0 fully saturated rings. The molecule has 0 aliphatic carbocycles. The number of halogens is 1. The molecular formula is C24H21BrN4O4S2. The largest absolute Gasteiger partial charge is 0.483 e. The average Bonchev–Trinajstić information content (AvgIpc) is 3.33. The zero-order chi connectivity index (χ0) is 24.8. The van der Waals surface area contributed by atoms with Crippen LogP contribution in [-0.4, -0.2) is 33.8 Å². The van der Waals surface area contributed by atoms with Crippen LogP contribution in [0.1, 0.15) is 11.1 Å². The molecule has 0 aliphatic rings. The summed E-state index contributed by atoms with van der Waals surface area (Å²) >= 11 is 5.66. The number of rotatable bonds is 9. The molecule has 0 aliphatic heterocycles. The molecule has 0 bridgehead atoms. The van der Waals surface area contributed by atoms with E-state index in [0.29, 0.717) is 27.0 Å². The maximum Gasteiger partial charge on any atom is 0.291 e. The van der Waals surface area contributed by atoms with Crippen molar-refractivity contribution in [2.24, 2.45) is 0 Å². The number of aryl methyl sites for hydroxylation is 1. The van der Waals surface area contributed by atoms with Crippen molar-refractivity contribution in [1.29, 1.82) is 0 Å². The van der Waals surface area contributed by atoms with Gasteiger partial charge in [-0.25, -0.2) is 4.98 Å². The molecule has 0 saturated carbocycles. The minimum atomic E-state index is -0.536. The van der Waals surface area contributed by atoms with Gasteiger partial charge in [0, 0.05) is 6.54 Å². The monoisotopic (exact) mass is 572 g/mol. The second kappa shape index (κ2) is 11.5. The van der Waals surface area contributed by atoms with Gasteiger partial charge >= 0.3 is 0 Å². The zero-order valence-electron chi connectivity index (χ0n) is 18.6. The van der Waals surface area contributed by atoms with Crippen LogP contribution in [0.15, 0.2) is 74.4 Å². The van der Waals surface area contributed by atoms with E-state index < -0.39 is 11.5 Å². The van der Waals surface area contributed by atoms with E-state index in [1.807, 2.05) is 37.3 Å². The number of nitrogens with zero attached hydrogens (tertiary/aromatic N) is 2. The van der Waals surface area contributed by atoms with Crippen LogP contribution in [0, 0.1) is 6.92 Å². The van der Waals surface area contributed by atoms with Crippen LogP contribution in [0.3, 0.4) is 0 Å². The molecular weight excluding hydrogens is 552 g/mol. The van der Waals surface area contributed by atoms with Gasteiger partial charge in [-0.3, -0.25) is 19.8 Å². The van der Waals surface area contributed by atoms with E-state index in [1.54, 1.807) is 29.6 Å². The number of ether oxygens (including phenoxy) is 1. The molecule has 11 heteroatoms. The minimum Gasteiger partial charge on any atom is -0.483 e. The molecule has 8 nitrogen and oxygen atoms in total. The highest BCUT2D eigenvalue weighted by Gasteiger charge is 2.17. The SMILES string of the molecule is Cc1ccc(CNC(=O)CSc2nc3ccsc3c(=O)n2NC(=O)COc2ccccc2Br)cc1. The summed E-state index contributed by atoms with van der Waals surface area (Å²) in [7, 11) is 0. The van der Waals surface area contributed by atoms with Gasteiger partial charge in [0.1, 0.15) is 10.4 Å². The minimum absolute atomic E-state index is 0.0251. The van der Waals surface area contributed by atoms with Gasteiger partial charge in [-0.05, 0) is 52.0 Å². The quantitative estimate of drug-likeness (QED) is 0.231. The van der Waals surface area contributed by atoms with Crippen molar-refractivity contribution >= 4 is 61.1 Å². The van der Waals surface area contributed by atoms with E-state index in [2.05, 4.69) is 31.7 Å². The molecule has 2 aromatic heterocycles. The Kier molecular flexibility index (Phi) is 8.21. The lowest BCUT2D eigenvalue weighted by atomic mass is 10.1. The zero-order valence-corrected chi connectivity index (χ0v) is 21.8. The predicted octanol–water partition coefficient (Wildman–Crippen LogP) is 4.09. The first-order valence-electron chi connectivity index (χ1n) is 10.5. The Morgan fingerprint density at radius 3 is 2.66 bits per heavy atom. The summed E-state index contributed by atoms with van der Waals surface area (Å²) in [5.74, 6) is -0.227. The average molecular weight is 573 g/mol. The Bertz CT molecular complexity index is 1420. The lowest BCUT2D eigenvalue weighted by molar-refractivity contribution is -0.119. The van der Waals surface area contributed by atoms with Crippen molar-refractivity contribution in [2.45, 2.75) is 18.6 Å². The van der Waals surface area contributed by atoms with Crippen molar-refractivity contribution in [3.8, 4) is 5.75 Å². The Hall–Kier alpha value is -3.15. The van der Waals surface area contributed by atoms with Gasteiger partial charge in [-0.2, -0.15) is 4.68 Å². The first-order valence-corrected chi connectivity index (χ1v) is 13.2. The van der Waals surface area contributed by atoms with Crippen LogP contribution < -0.4 is 21.0 Å². The predicted molar refractivity (Wildman–Crippen MR) is 142 cm³/mol. The van der Waals surface area contributed by atoms with Gasteiger partial charge in [0.2, 0.25) is 5.91 Å². The Balaban J connectivity index is 1.43. The fourth-order valence-electron chi connectivity index (χ4n) is 3.04. The Labute approximate surface area is 217 Å². The van der Waals surface area contributed by atoms with Gasteiger partial charge in [-0.15, -0.1) is 11.3 Å². The number of para-hydroxylation sites is 1. The smallest absolute Gasteiger partial charge is 0.291 e. The molecule has 0 saturated heterocycles. The summed E-state index contributed by atoms with van der Waals surface area (Å²) < 4.78 is 7.73. The fraction of sp³-hybridized carbons (Fsp3) is 0.167. The molecule has 180 valence electrons. The third kappa shape index (κ3) is 6.50. The maximum atomic E-state index is 13.0. The number of thiophene rings is 1. The van der Waals surface area contributed by atoms with Gasteiger partial charge in [-0.1, -0.05) is 53.7 Å². The van der Waals surface area contributed by atoms with E-state index >= 15 is 0 Å². The molecule has 2 heterocycles. The Morgan fingerprint density at radius 2 is 1.89 bits per heavy atom. The normalized spacial score (nSPS) is 10.8. The van der Waals surface area contributed by atoms with Gasteiger partial charge in [0.05, 0.1) is 15.7 Å². The second-order valence-electron chi connectivity index (χ2n) is 7.47. The summed E-state index contributed by atoms with van der Waals surface area (Å²) in [6.45, 7) is 2.09. The summed E-state index contributed by atoms with van der Waals surface area (Å²) in [5, 5.41) is 4.82. The molecule has 4 rings (SSSR count). The first kappa shape index (κ1) is 25.0. The molecule has 0 spiro atoms. The highest BCUT2D eigenvalue weighted by molar-refractivity contribution is 9.10. The van der Waals surface area contributed by atoms with Gasteiger partial charge < -0.3 is 10.1 Å². The summed E-state index contributed by atoms with van der Waals surface area (Å²) in [6, 6.07) is 16.7. The molecule has 0 unspecified atom stereocenters. The summed E-state index contributed by atoms with van der Waals surface area (Å²) in [5.41, 5.74) is 4.78. The number of nitrogens with one attached hydrogen (secondary N) is 2. The van der Waals surface area contributed by atoms with Crippen molar-refractivity contribution in [3.05, 3.63) is 85.9 Å². The first-order chi connectivity index (χ1) is 16.9. The number of hydrogen-bond donors (Lipinski definition) is 2. The third-order valence-electron chi connectivity index (χ3n) is 4.82. The lowest BCUT2D eigenvalue weighted by Gasteiger charge is -2.14. The summed E-state index contributed by atoms with van der Waals surface area (Å²) in [4.78, 5) is 42.5. The third-order valence-corrected chi connectivity index (χ3v) is 7.31. The number of aromatic nitrogens is 2. The number of hydrogen-bond acceptors (Lipinski definition) is 7. The van der Waals surface area contributed by atoms with Crippen LogP contribution >= 0.6 is 39.0 Å². The van der Waals surface area contributed by atoms with Crippen LogP contribution in [0.25, 0.3) is 10.2 Å². The molecule has 35 heavy (non-hydrogen) atoms. The molecule has 0 radical (unpaired) electrons. The topological polar surface area (TPSA) is 102 Å². The highest BCUT2D eigenvalue weighted by atomic mass is 79.9. The van der Waals surface area contributed by atoms with Crippen LogP contribution in [0.2, 0.25) is 0 Å². The number of fused-ring (bicyclic) bond motifs is 1. The van der Waals surface area contributed by atoms with Gasteiger partial charge in [0.25, 0.3) is 11.5 Å². The van der Waals surface area contributed by atoms with Crippen molar-refractivity contribution < 1.29 is 14.3 Å². The van der Waals surface area contributed by atoms with Crippen LogP contribution in [0.4, 0.5) is 0 Å². The molecule has 0 atom stereocenters. The molecule has 2 N–H and O–H groups in total. The number of amides is 2. The second-order valence-corrected chi connectivity index (χ2v) is 10.2. The fourth-order valence-corrected chi connectivity index (χ4v) is 4.98. The summed E-state index contributed by atoms with van der Waals surface area (Å²) in [6.07, 6.45) is 0.